The Morgan fingerprint density at radius 2 is 1.53 bits per heavy atom. The van der Waals surface area contributed by atoms with E-state index >= 15 is 0 Å². The number of allylic oxidation sites excluding steroid dienone is 1. The van der Waals surface area contributed by atoms with Crippen LogP contribution in [0.3, 0.4) is 0 Å². The van der Waals surface area contributed by atoms with E-state index in [9.17, 15) is 21.9 Å². The number of rotatable bonds is 8. The van der Waals surface area contributed by atoms with Crippen LogP contribution in [0, 0.1) is 23.7 Å². The van der Waals surface area contributed by atoms with Crippen LogP contribution in [0.5, 0.6) is 0 Å². The first-order valence-corrected chi connectivity index (χ1v) is 15.1. The summed E-state index contributed by atoms with van der Waals surface area (Å²) in [6, 6.07) is 17.5. The number of hydrogen-bond donors (Lipinski definition) is 1. The summed E-state index contributed by atoms with van der Waals surface area (Å²) in [7, 11) is -7.82. The summed E-state index contributed by atoms with van der Waals surface area (Å²) >= 11 is 0. The molecule has 0 amide bonds. The number of benzene rings is 2. The third-order valence-corrected chi connectivity index (χ3v) is 11.2. The SMILES string of the molecule is C=C1C(C(C)C(O)(CS(=O)(=O)c2ccccc2)c2ccn(S(=O)(=O)c3ccccc3)c2)[C@H](C)C[C@@H]1C. The second-order valence-corrected chi connectivity index (χ2v) is 13.9. The Hall–Kier alpha value is -2.68. The summed E-state index contributed by atoms with van der Waals surface area (Å²) < 4.78 is 54.4. The molecule has 1 heterocycles. The van der Waals surface area contributed by atoms with Gasteiger partial charge in [0.15, 0.2) is 9.84 Å². The highest BCUT2D eigenvalue weighted by Gasteiger charge is 2.49. The van der Waals surface area contributed by atoms with E-state index in [1.807, 2.05) is 6.92 Å². The second kappa shape index (κ2) is 9.65. The van der Waals surface area contributed by atoms with Crippen LogP contribution in [0.2, 0.25) is 0 Å². The smallest absolute Gasteiger partial charge is 0.267 e. The number of aromatic nitrogens is 1. The van der Waals surface area contributed by atoms with Gasteiger partial charge in [-0.2, -0.15) is 0 Å². The molecule has 1 aliphatic carbocycles. The molecule has 3 unspecified atom stereocenters. The average Bonchev–Trinajstić information content (AvgIpc) is 3.45. The fourth-order valence-corrected chi connectivity index (χ4v) is 8.60. The molecule has 0 bridgehead atoms. The normalized spacial score (nSPS) is 23.3. The van der Waals surface area contributed by atoms with Gasteiger partial charge in [0.1, 0.15) is 5.60 Å². The summed E-state index contributed by atoms with van der Waals surface area (Å²) in [6.45, 7) is 10.3. The van der Waals surface area contributed by atoms with Gasteiger partial charge in [0.05, 0.1) is 15.5 Å². The number of nitrogens with zero attached hydrogens (tertiary/aromatic N) is 1. The maximum atomic E-state index is 13.5. The maximum Gasteiger partial charge on any atom is 0.267 e. The quantitative estimate of drug-likeness (QED) is 0.422. The Kier molecular flexibility index (Phi) is 7.07. The van der Waals surface area contributed by atoms with E-state index in [1.165, 1.54) is 42.7 Å². The topological polar surface area (TPSA) is 93.4 Å². The van der Waals surface area contributed by atoms with Gasteiger partial charge in [-0.25, -0.2) is 20.8 Å². The van der Waals surface area contributed by atoms with Gasteiger partial charge in [-0.1, -0.05) is 69.3 Å². The first-order chi connectivity index (χ1) is 16.9. The first kappa shape index (κ1) is 26.4. The molecule has 8 heteroatoms. The minimum absolute atomic E-state index is 0.104. The monoisotopic (exact) mass is 527 g/mol. The van der Waals surface area contributed by atoms with Crippen LogP contribution < -0.4 is 0 Å². The summed E-state index contributed by atoms with van der Waals surface area (Å²) in [5, 5.41) is 12.3. The molecular formula is C28H33NO5S2. The lowest BCUT2D eigenvalue weighted by molar-refractivity contribution is -0.0198. The molecule has 2 aromatic carbocycles. The van der Waals surface area contributed by atoms with Gasteiger partial charge >= 0.3 is 0 Å². The average molecular weight is 528 g/mol. The lowest BCUT2D eigenvalue weighted by atomic mass is 9.72. The number of aliphatic hydroxyl groups is 1. The zero-order chi connectivity index (χ0) is 26.3. The molecule has 36 heavy (non-hydrogen) atoms. The van der Waals surface area contributed by atoms with E-state index in [0.717, 1.165) is 16.0 Å². The predicted octanol–water partition coefficient (Wildman–Crippen LogP) is 4.87. The third-order valence-electron chi connectivity index (χ3n) is 7.69. The Morgan fingerprint density at radius 3 is 2.06 bits per heavy atom. The number of hydrogen-bond acceptors (Lipinski definition) is 5. The highest BCUT2D eigenvalue weighted by molar-refractivity contribution is 7.91. The molecule has 0 saturated heterocycles. The Balaban J connectivity index is 1.81. The number of sulfone groups is 1. The zero-order valence-corrected chi connectivity index (χ0v) is 22.4. The molecule has 6 nitrogen and oxygen atoms in total. The van der Waals surface area contributed by atoms with Gasteiger partial charge in [-0.05, 0) is 60.4 Å². The molecule has 1 aliphatic rings. The van der Waals surface area contributed by atoms with Crippen molar-refractivity contribution in [1.82, 2.24) is 3.97 Å². The molecule has 1 fully saturated rings. The minimum Gasteiger partial charge on any atom is -0.384 e. The molecule has 3 aromatic rings. The Labute approximate surface area is 214 Å². The molecule has 5 atom stereocenters. The van der Waals surface area contributed by atoms with Crippen molar-refractivity contribution < 1.29 is 21.9 Å². The fraction of sp³-hybridized carbons (Fsp3) is 0.357. The zero-order valence-electron chi connectivity index (χ0n) is 20.8. The molecule has 0 spiro atoms. The van der Waals surface area contributed by atoms with Crippen molar-refractivity contribution in [2.75, 3.05) is 5.75 Å². The van der Waals surface area contributed by atoms with Gasteiger partial charge in [-0.15, -0.1) is 0 Å². The molecule has 192 valence electrons. The van der Waals surface area contributed by atoms with Crippen LogP contribution in [-0.4, -0.2) is 31.7 Å². The summed E-state index contributed by atoms with van der Waals surface area (Å²) in [5.41, 5.74) is -0.617. The molecule has 0 aliphatic heterocycles. The highest BCUT2D eigenvalue weighted by atomic mass is 32.2. The lowest BCUT2D eigenvalue weighted by Gasteiger charge is -2.39. The van der Waals surface area contributed by atoms with Crippen molar-refractivity contribution in [3.05, 3.63) is 96.8 Å². The molecule has 1 aromatic heterocycles. The van der Waals surface area contributed by atoms with Gasteiger partial charge in [-0.3, -0.25) is 0 Å². The van der Waals surface area contributed by atoms with Crippen LogP contribution >= 0.6 is 0 Å². The van der Waals surface area contributed by atoms with Gasteiger partial charge in [0.25, 0.3) is 10.0 Å². The van der Waals surface area contributed by atoms with E-state index in [-0.39, 0.29) is 33.1 Å². The van der Waals surface area contributed by atoms with Gasteiger partial charge < -0.3 is 5.11 Å². The molecule has 4 rings (SSSR count). The van der Waals surface area contributed by atoms with Crippen LogP contribution in [-0.2, 0) is 25.5 Å². The van der Waals surface area contributed by atoms with Crippen LogP contribution in [0.1, 0.15) is 32.8 Å². The van der Waals surface area contributed by atoms with Crippen molar-refractivity contribution in [2.24, 2.45) is 23.7 Å². The van der Waals surface area contributed by atoms with Gasteiger partial charge in [0, 0.05) is 18.0 Å². The first-order valence-electron chi connectivity index (χ1n) is 12.1. The van der Waals surface area contributed by atoms with Crippen LogP contribution in [0.4, 0.5) is 0 Å². The van der Waals surface area contributed by atoms with E-state index in [0.29, 0.717) is 0 Å². The van der Waals surface area contributed by atoms with E-state index < -0.39 is 37.1 Å². The summed E-state index contributed by atoms with van der Waals surface area (Å²) in [6.07, 6.45) is 3.60. The fourth-order valence-electron chi connectivity index (χ4n) is 5.64. The second-order valence-electron chi connectivity index (χ2n) is 10.0. The standard InChI is InChI=1S/C28H33NO5S2/c1-20-17-21(2)27(22(20)3)23(4)28(30,19-35(31,32)25-11-7-5-8-12-25)24-15-16-29(18-24)36(33,34)26-13-9-6-10-14-26/h5-16,18,20-21,23,27,30H,3,17,19H2,1-2,4H3/t20-,21+,23?,27?,28?/m0/s1. The van der Waals surface area contributed by atoms with E-state index in [1.54, 1.807) is 36.4 Å². The largest absolute Gasteiger partial charge is 0.384 e. The molecule has 1 saturated carbocycles. The van der Waals surface area contributed by atoms with E-state index in [4.69, 9.17) is 0 Å². The lowest BCUT2D eigenvalue weighted by Crippen LogP contribution is -2.44. The Morgan fingerprint density at radius 1 is 0.972 bits per heavy atom. The van der Waals surface area contributed by atoms with E-state index in [2.05, 4.69) is 20.4 Å². The molecule has 0 radical (unpaired) electrons. The van der Waals surface area contributed by atoms with Crippen LogP contribution in [0.15, 0.2) is 101 Å². The molecule has 1 N–H and O–H groups in total. The van der Waals surface area contributed by atoms with Crippen molar-refractivity contribution in [3.63, 3.8) is 0 Å². The molecular weight excluding hydrogens is 494 g/mol. The van der Waals surface area contributed by atoms with Crippen molar-refractivity contribution in [3.8, 4) is 0 Å². The maximum absolute atomic E-state index is 13.5. The van der Waals surface area contributed by atoms with Gasteiger partial charge in [0.2, 0.25) is 0 Å². The van der Waals surface area contributed by atoms with Crippen molar-refractivity contribution in [2.45, 2.75) is 42.6 Å². The third kappa shape index (κ3) is 4.69. The Bertz CT molecular complexity index is 1450. The minimum atomic E-state index is -3.91. The highest BCUT2D eigenvalue weighted by Crippen LogP contribution is 2.49. The van der Waals surface area contributed by atoms with Crippen molar-refractivity contribution >= 4 is 19.9 Å². The predicted molar refractivity (Wildman–Crippen MR) is 141 cm³/mol. The van der Waals surface area contributed by atoms with Crippen molar-refractivity contribution in [1.29, 1.82) is 0 Å². The van der Waals surface area contributed by atoms with Crippen LogP contribution in [0.25, 0.3) is 0 Å². The summed E-state index contributed by atoms with van der Waals surface area (Å²) in [4.78, 5) is 0.214. The summed E-state index contributed by atoms with van der Waals surface area (Å²) in [5.74, 6) is -0.774.